The summed E-state index contributed by atoms with van der Waals surface area (Å²) in [4.78, 5) is 13.9. The second-order valence-electron chi connectivity index (χ2n) is 13.9. The van der Waals surface area contributed by atoms with Crippen molar-refractivity contribution in [1.29, 1.82) is 0 Å². The van der Waals surface area contributed by atoms with Gasteiger partial charge in [-0.25, -0.2) is 0 Å². The maximum Gasteiger partial charge on any atom is 0.0697 e. The Labute approximate surface area is 310 Å². The topological polar surface area (TPSA) is 38.7 Å². The quantitative estimate of drug-likeness (QED) is 0.163. The number of hydrogen-bond donors (Lipinski definition) is 0. The van der Waals surface area contributed by atoms with Gasteiger partial charge in [0.1, 0.15) is 0 Å². The molecule has 10 rings (SSSR count). The summed E-state index contributed by atoms with van der Waals surface area (Å²) in [5.74, 6) is 0. The molecule has 0 atom stereocenters. The van der Waals surface area contributed by atoms with Crippen LogP contribution in [0.1, 0.15) is 49.9 Å². The standard InChI is InChI=1S/C23H17N2.C22H16NS.Ir/c1-23(2)19-8-4-3-6-16(19)17-10-9-15(14-20(17)23)22-18-7-5-12-24-21(18)11-13-25-22;1-22(2)17-8-4-3-7-15(17)16-12-11-14(13-18(16)22)21-23-19-9-5-6-10-20(19)24-21;/h3-8,10-14H,1-2H3;3-10,12-13H,1-2H3;/q2*-1;. The molecule has 0 aliphatic heterocycles. The summed E-state index contributed by atoms with van der Waals surface area (Å²) in [6, 6.07) is 47.4. The van der Waals surface area contributed by atoms with Crippen LogP contribution in [0.3, 0.4) is 0 Å². The van der Waals surface area contributed by atoms with Crippen molar-refractivity contribution in [3.63, 3.8) is 0 Å². The van der Waals surface area contributed by atoms with Crippen LogP contribution in [0.5, 0.6) is 0 Å². The van der Waals surface area contributed by atoms with Gasteiger partial charge in [0, 0.05) is 42.2 Å². The van der Waals surface area contributed by atoms with Gasteiger partial charge in [0.25, 0.3) is 0 Å². The second kappa shape index (κ2) is 12.2. The molecule has 0 amide bonds. The molecule has 5 aromatic carbocycles. The average Bonchev–Trinajstić information content (AvgIpc) is 3.75. The molecule has 0 saturated heterocycles. The van der Waals surface area contributed by atoms with E-state index in [4.69, 9.17) is 4.98 Å². The zero-order valence-corrected chi connectivity index (χ0v) is 31.4. The minimum Gasteiger partial charge on any atom is -0.304 e. The van der Waals surface area contributed by atoms with Gasteiger partial charge in [0.15, 0.2) is 0 Å². The minimum absolute atomic E-state index is 0. The summed E-state index contributed by atoms with van der Waals surface area (Å²) in [7, 11) is 0. The molecule has 0 N–H and O–H groups in total. The third-order valence-electron chi connectivity index (χ3n) is 10.3. The molecule has 3 aromatic heterocycles. The molecule has 3 nitrogen and oxygen atoms in total. The Bertz CT molecular complexity index is 2540. The van der Waals surface area contributed by atoms with Crippen molar-refractivity contribution in [3.8, 4) is 44.1 Å². The molecule has 5 heteroatoms. The fourth-order valence-corrected chi connectivity index (χ4v) is 8.69. The van der Waals surface area contributed by atoms with E-state index in [1.165, 1.54) is 49.2 Å². The molecule has 1 radical (unpaired) electrons. The van der Waals surface area contributed by atoms with Crippen molar-refractivity contribution < 1.29 is 20.1 Å². The first-order valence-electron chi connectivity index (χ1n) is 16.7. The molecule has 50 heavy (non-hydrogen) atoms. The van der Waals surface area contributed by atoms with E-state index in [9.17, 15) is 0 Å². The van der Waals surface area contributed by atoms with Crippen molar-refractivity contribution >= 4 is 32.5 Å². The van der Waals surface area contributed by atoms with Gasteiger partial charge in [-0.2, -0.15) is 11.3 Å². The van der Waals surface area contributed by atoms with Crippen molar-refractivity contribution in [2.45, 2.75) is 38.5 Å². The van der Waals surface area contributed by atoms with Crippen molar-refractivity contribution in [2.24, 2.45) is 0 Å². The summed E-state index contributed by atoms with van der Waals surface area (Å²) in [6.07, 6.45) is 3.64. The molecular formula is C45H33IrN3S-2. The Morgan fingerprint density at radius 3 is 1.82 bits per heavy atom. The minimum atomic E-state index is -0.0153. The molecule has 0 bridgehead atoms. The Hall–Kier alpha value is -4.80. The second-order valence-corrected chi connectivity index (χ2v) is 14.9. The maximum atomic E-state index is 4.79. The van der Waals surface area contributed by atoms with Gasteiger partial charge < -0.3 is 4.98 Å². The van der Waals surface area contributed by atoms with E-state index in [1.807, 2.05) is 30.6 Å². The van der Waals surface area contributed by atoms with E-state index in [2.05, 4.69) is 147 Å². The van der Waals surface area contributed by atoms with E-state index in [-0.39, 0.29) is 30.9 Å². The van der Waals surface area contributed by atoms with Gasteiger partial charge in [0.2, 0.25) is 0 Å². The zero-order chi connectivity index (χ0) is 33.3. The monoisotopic (exact) mass is 840 g/mol. The number of benzene rings is 5. The van der Waals surface area contributed by atoms with Crippen molar-refractivity contribution in [3.05, 3.63) is 162 Å². The fraction of sp³-hybridized carbons (Fsp3) is 0.133. The number of nitrogens with zero attached hydrogens (tertiary/aromatic N) is 3. The number of rotatable bonds is 2. The fourth-order valence-electron chi connectivity index (χ4n) is 7.74. The van der Waals surface area contributed by atoms with E-state index in [1.54, 1.807) is 11.3 Å². The van der Waals surface area contributed by atoms with Gasteiger partial charge in [-0.15, -0.1) is 58.7 Å². The van der Waals surface area contributed by atoms with Gasteiger partial charge in [-0.3, -0.25) is 9.97 Å². The summed E-state index contributed by atoms with van der Waals surface area (Å²) >= 11 is 1.74. The number of pyridine rings is 2. The number of fused-ring (bicyclic) bond motifs is 8. The van der Waals surface area contributed by atoms with Gasteiger partial charge in [-0.1, -0.05) is 117 Å². The van der Waals surface area contributed by atoms with Crippen LogP contribution < -0.4 is 0 Å². The Morgan fingerprint density at radius 2 is 1.14 bits per heavy atom. The Balaban J connectivity index is 0.000000142. The molecule has 245 valence electrons. The number of hydrogen-bond acceptors (Lipinski definition) is 4. The normalized spacial score (nSPS) is 14.2. The largest absolute Gasteiger partial charge is 0.304 e. The van der Waals surface area contributed by atoms with E-state index in [0.717, 1.165) is 38.2 Å². The molecule has 3 heterocycles. The number of aromatic nitrogens is 3. The Morgan fingerprint density at radius 1 is 0.540 bits per heavy atom. The molecule has 0 fully saturated rings. The molecule has 0 spiro atoms. The van der Waals surface area contributed by atoms with Crippen LogP contribution in [-0.2, 0) is 30.9 Å². The molecule has 0 unspecified atom stereocenters. The maximum absolute atomic E-state index is 4.79. The molecule has 0 saturated carbocycles. The zero-order valence-electron chi connectivity index (χ0n) is 28.2. The van der Waals surface area contributed by atoms with Gasteiger partial charge in [-0.05, 0) is 57.3 Å². The molecule has 2 aliphatic rings. The predicted octanol–water partition coefficient (Wildman–Crippen LogP) is 11.5. The first kappa shape index (κ1) is 32.4. The van der Waals surface area contributed by atoms with Crippen LogP contribution in [0, 0.1) is 12.1 Å². The van der Waals surface area contributed by atoms with Crippen LogP contribution in [-0.4, -0.2) is 15.0 Å². The van der Waals surface area contributed by atoms with E-state index < -0.39 is 0 Å². The first-order chi connectivity index (χ1) is 23.8. The van der Waals surface area contributed by atoms with Crippen LogP contribution in [0.2, 0.25) is 0 Å². The summed E-state index contributed by atoms with van der Waals surface area (Å²) in [5.41, 5.74) is 15.8. The van der Waals surface area contributed by atoms with Crippen molar-refractivity contribution in [1.82, 2.24) is 15.0 Å². The average molecular weight is 840 g/mol. The molecule has 8 aromatic rings. The van der Waals surface area contributed by atoms with Gasteiger partial charge >= 0.3 is 0 Å². The molecule has 2 aliphatic carbocycles. The number of thiazole rings is 1. The summed E-state index contributed by atoms with van der Waals surface area (Å²) < 4.78 is 1.23. The van der Waals surface area contributed by atoms with Crippen molar-refractivity contribution in [2.75, 3.05) is 0 Å². The first-order valence-corrected chi connectivity index (χ1v) is 17.5. The van der Waals surface area contributed by atoms with Crippen LogP contribution in [0.4, 0.5) is 0 Å². The predicted molar refractivity (Wildman–Crippen MR) is 203 cm³/mol. The van der Waals surface area contributed by atoms with E-state index >= 15 is 0 Å². The summed E-state index contributed by atoms with van der Waals surface area (Å²) in [5, 5.41) is 2.11. The smallest absolute Gasteiger partial charge is 0.0697 e. The van der Waals surface area contributed by atoms with Crippen LogP contribution in [0.25, 0.3) is 65.2 Å². The third kappa shape index (κ3) is 5.07. The van der Waals surface area contributed by atoms with E-state index in [0.29, 0.717) is 0 Å². The number of para-hydroxylation sites is 1. The van der Waals surface area contributed by atoms with Crippen LogP contribution >= 0.6 is 11.3 Å². The molecular weight excluding hydrogens is 807 g/mol. The van der Waals surface area contributed by atoms with Gasteiger partial charge in [0.05, 0.1) is 11.0 Å². The SMILES string of the molecule is CC1(C)c2ccccc2-c2c[c-]c(-c3nc4ccccc4s3)cc21.CC1(C)c2ccccc2-c2c[c-]c(-c3nccc4ncccc34)cc21.[Ir]. The van der Waals surface area contributed by atoms with Crippen LogP contribution in [0.15, 0.2) is 128 Å². The Kier molecular flexibility index (Phi) is 7.91. The third-order valence-corrected chi connectivity index (χ3v) is 11.4. The summed E-state index contributed by atoms with van der Waals surface area (Å²) in [6.45, 7) is 9.19.